The van der Waals surface area contributed by atoms with Gasteiger partial charge in [0.2, 0.25) is 0 Å². The van der Waals surface area contributed by atoms with Gasteiger partial charge >= 0.3 is 5.97 Å². The Labute approximate surface area is 273 Å². The number of benzene rings is 2. The highest BCUT2D eigenvalue weighted by atomic mass is 19.1. The molecule has 0 aliphatic heterocycles. The van der Waals surface area contributed by atoms with Gasteiger partial charge in [0.25, 0.3) is 0 Å². The van der Waals surface area contributed by atoms with Gasteiger partial charge in [-0.2, -0.15) is 0 Å². The number of carbonyl (C=O) groups is 1. The Hall–Kier alpha value is -2.56. The van der Waals surface area contributed by atoms with Gasteiger partial charge in [-0.3, -0.25) is 0 Å². The molecule has 2 unspecified atom stereocenters. The van der Waals surface area contributed by atoms with Crippen molar-refractivity contribution in [3.8, 4) is 17.2 Å². The molecule has 0 heterocycles. The van der Waals surface area contributed by atoms with Crippen LogP contribution in [0.25, 0.3) is 0 Å². The van der Waals surface area contributed by atoms with Crippen LogP contribution in [0.4, 0.5) is 4.39 Å². The molecular formula is C40H61FO4. The maximum atomic E-state index is 14.6. The average Bonchev–Trinajstić information content (AvgIpc) is 3.05. The lowest BCUT2D eigenvalue weighted by Crippen LogP contribution is -2.20. The minimum Gasteiger partial charge on any atom is -0.494 e. The van der Waals surface area contributed by atoms with E-state index in [-0.39, 0.29) is 11.3 Å². The third kappa shape index (κ3) is 15.1. The fourth-order valence-electron chi connectivity index (χ4n) is 6.70. The molecule has 0 amide bonds. The molecule has 4 nitrogen and oxygen atoms in total. The van der Waals surface area contributed by atoms with Crippen LogP contribution in [0, 0.1) is 17.7 Å². The molecule has 1 saturated carbocycles. The van der Waals surface area contributed by atoms with Gasteiger partial charge < -0.3 is 14.2 Å². The van der Waals surface area contributed by atoms with Crippen molar-refractivity contribution in [2.45, 2.75) is 149 Å². The van der Waals surface area contributed by atoms with E-state index in [1.807, 2.05) is 12.1 Å². The van der Waals surface area contributed by atoms with Crippen molar-refractivity contribution in [2.24, 2.45) is 11.8 Å². The summed E-state index contributed by atoms with van der Waals surface area (Å²) in [4.78, 5) is 12.6. The highest BCUT2D eigenvalue weighted by Gasteiger charge is 2.24. The number of ether oxygens (including phenoxy) is 3. The molecule has 5 heteroatoms. The summed E-state index contributed by atoms with van der Waals surface area (Å²) in [6, 6.07) is 11.4. The highest BCUT2D eigenvalue weighted by Crippen LogP contribution is 2.36. The Balaban J connectivity index is 1.31. The molecule has 0 bridgehead atoms. The second kappa shape index (κ2) is 22.9. The van der Waals surface area contributed by atoms with Crippen molar-refractivity contribution in [3.05, 3.63) is 53.8 Å². The van der Waals surface area contributed by atoms with Gasteiger partial charge in [-0.05, 0) is 73.6 Å². The molecule has 2 aromatic carbocycles. The van der Waals surface area contributed by atoms with Gasteiger partial charge in [-0.15, -0.1) is 0 Å². The number of rotatable bonds is 24. The molecule has 252 valence electrons. The Bertz CT molecular complexity index is 1050. The predicted octanol–water partition coefficient (Wildman–Crippen LogP) is 12.3. The summed E-state index contributed by atoms with van der Waals surface area (Å²) in [5.74, 6) is 1.95. The van der Waals surface area contributed by atoms with Crippen LogP contribution in [0.5, 0.6) is 17.2 Å². The van der Waals surface area contributed by atoms with E-state index >= 15 is 0 Å². The van der Waals surface area contributed by atoms with Gasteiger partial charge in [0.1, 0.15) is 11.5 Å². The number of hydrogen-bond donors (Lipinski definition) is 0. The maximum absolute atomic E-state index is 14.6. The minimum absolute atomic E-state index is 0.158. The van der Waals surface area contributed by atoms with Crippen LogP contribution in [-0.4, -0.2) is 19.2 Å². The van der Waals surface area contributed by atoms with E-state index < -0.39 is 11.8 Å². The van der Waals surface area contributed by atoms with Gasteiger partial charge in [-0.25, -0.2) is 9.18 Å². The van der Waals surface area contributed by atoms with Crippen molar-refractivity contribution < 1.29 is 23.4 Å². The first-order valence-corrected chi connectivity index (χ1v) is 18.5. The number of esters is 1. The number of halogens is 1. The van der Waals surface area contributed by atoms with E-state index in [2.05, 4.69) is 13.8 Å². The molecule has 45 heavy (non-hydrogen) atoms. The molecule has 1 aliphatic rings. The standard InChI is InChI=1S/C40H61FO4/c1-3-5-7-9-10-11-12-14-18-30-44-39-29-24-35(32-38(39)41)40(42)45-37-27-25-36(26-28-37)43-31-19-23-34-22-17-16-21-33(34)20-15-13-8-6-4-2/h24-29,32-34H,3-23,30-31H2,1-2H3. The fourth-order valence-corrected chi connectivity index (χ4v) is 6.70. The maximum Gasteiger partial charge on any atom is 0.343 e. The van der Waals surface area contributed by atoms with E-state index in [0.29, 0.717) is 19.0 Å². The summed E-state index contributed by atoms with van der Waals surface area (Å²) in [5.41, 5.74) is 0.158. The van der Waals surface area contributed by atoms with Crippen LogP contribution < -0.4 is 14.2 Å². The minimum atomic E-state index is -0.597. The SMILES string of the molecule is CCCCCCCCCCCOc1ccc(C(=O)Oc2ccc(OCCCC3CCCCC3CCCCCCC)cc2)cc1F. The van der Waals surface area contributed by atoms with Gasteiger partial charge in [0.15, 0.2) is 11.6 Å². The molecular weight excluding hydrogens is 563 g/mol. The van der Waals surface area contributed by atoms with E-state index in [1.54, 1.807) is 18.2 Å². The normalized spacial score (nSPS) is 16.4. The molecule has 0 spiro atoms. The third-order valence-electron chi connectivity index (χ3n) is 9.44. The number of hydrogen-bond acceptors (Lipinski definition) is 4. The molecule has 0 aromatic heterocycles. The van der Waals surface area contributed by atoms with E-state index in [0.717, 1.165) is 36.8 Å². The first kappa shape index (κ1) is 36.9. The van der Waals surface area contributed by atoms with E-state index in [9.17, 15) is 9.18 Å². The zero-order chi connectivity index (χ0) is 32.0. The monoisotopic (exact) mass is 624 g/mol. The van der Waals surface area contributed by atoms with Crippen LogP contribution in [0.1, 0.15) is 159 Å². The second-order valence-corrected chi connectivity index (χ2v) is 13.2. The first-order valence-electron chi connectivity index (χ1n) is 18.5. The first-order chi connectivity index (χ1) is 22.1. The molecule has 1 aliphatic carbocycles. The fraction of sp³-hybridized carbons (Fsp3) is 0.675. The Morgan fingerprint density at radius 2 is 1.18 bits per heavy atom. The van der Waals surface area contributed by atoms with Crippen molar-refractivity contribution in [1.82, 2.24) is 0 Å². The summed E-state index contributed by atoms with van der Waals surface area (Å²) in [6.07, 6.45) is 27.1. The molecule has 1 fully saturated rings. The van der Waals surface area contributed by atoms with Crippen LogP contribution in [0.3, 0.4) is 0 Å². The topological polar surface area (TPSA) is 44.8 Å². The van der Waals surface area contributed by atoms with E-state index in [1.165, 1.54) is 128 Å². The van der Waals surface area contributed by atoms with Gasteiger partial charge in [-0.1, -0.05) is 129 Å². The zero-order valence-corrected chi connectivity index (χ0v) is 28.5. The zero-order valence-electron chi connectivity index (χ0n) is 28.5. The van der Waals surface area contributed by atoms with Crippen LogP contribution >= 0.6 is 0 Å². The largest absolute Gasteiger partial charge is 0.494 e. The number of unbranched alkanes of at least 4 members (excludes halogenated alkanes) is 12. The lowest BCUT2D eigenvalue weighted by Gasteiger charge is -2.31. The summed E-state index contributed by atoms with van der Waals surface area (Å²) in [7, 11) is 0. The van der Waals surface area contributed by atoms with Gasteiger partial charge in [0, 0.05) is 0 Å². The van der Waals surface area contributed by atoms with Crippen molar-refractivity contribution in [2.75, 3.05) is 13.2 Å². The van der Waals surface area contributed by atoms with E-state index in [4.69, 9.17) is 14.2 Å². The Kier molecular flexibility index (Phi) is 18.8. The average molecular weight is 625 g/mol. The van der Waals surface area contributed by atoms with Crippen molar-refractivity contribution in [1.29, 1.82) is 0 Å². The van der Waals surface area contributed by atoms with Crippen LogP contribution in [-0.2, 0) is 0 Å². The molecule has 0 N–H and O–H groups in total. The molecule has 0 saturated heterocycles. The van der Waals surface area contributed by atoms with Crippen molar-refractivity contribution in [3.63, 3.8) is 0 Å². The van der Waals surface area contributed by atoms with Crippen LogP contribution in [0.15, 0.2) is 42.5 Å². The Morgan fingerprint density at radius 1 is 0.644 bits per heavy atom. The Morgan fingerprint density at radius 3 is 1.80 bits per heavy atom. The highest BCUT2D eigenvalue weighted by molar-refractivity contribution is 5.91. The lowest BCUT2D eigenvalue weighted by molar-refractivity contribution is 0.0734. The number of carbonyl (C=O) groups excluding carboxylic acids is 1. The smallest absolute Gasteiger partial charge is 0.343 e. The third-order valence-corrected chi connectivity index (χ3v) is 9.44. The summed E-state index contributed by atoms with van der Waals surface area (Å²) >= 11 is 0. The summed E-state index contributed by atoms with van der Waals surface area (Å²) in [5, 5.41) is 0. The predicted molar refractivity (Wildman–Crippen MR) is 184 cm³/mol. The van der Waals surface area contributed by atoms with Crippen molar-refractivity contribution >= 4 is 5.97 Å². The summed E-state index contributed by atoms with van der Waals surface area (Å²) < 4.78 is 31.7. The second-order valence-electron chi connectivity index (χ2n) is 13.2. The molecule has 2 aromatic rings. The van der Waals surface area contributed by atoms with Gasteiger partial charge in [0.05, 0.1) is 18.8 Å². The van der Waals surface area contributed by atoms with Crippen LogP contribution in [0.2, 0.25) is 0 Å². The molecule has 0 radical (unpaired) electrons. The quantitative estimate of drug-likeness (QED) is 0.0662. The molecule has 3 rings (SSSR count). The summed E-state index contributed by atoms with van der Waals surface area (Å²) in [6.45, 7) is 5.69. The lowest BCUT2D eigenvalue weighted by atomic mass is 9.74. The molecule has 2 atom stereocenters.